The number of piperidine rings is 1. The fourth-order valence-corrected chi connectivity index (χ4v) is 4.49. The number of hydrogen-bond donors (Lipinski definition) is 2. The number of amides is 3. The first-order valence-corrected chi connectivity index (χ1v) is 11.5. The zero-order valence-corrected chi connectivity index (χ0v) is 19.2. The molecular formula is C25H31N5O3. The Morgan fingerprint density at radius 3 is 2.67 bits per heavy atom. The van der Waals surface area contributed by atoms with Gasteiger partial charge in [-0.15, -0.1) is 0 Å². The predicted octanol–water partition coefficient (Wildman–Crippen LogP) is 2.90. The first-order chi connectivity index (χ1) is 15.8. The zero-order chi connectivity index (χ0) is 23.5. The number of anilines is 3. The van der Waals surface area contributed by atoms with Gasteiger partial charge in [-0.3, -0.25) is 14.4 Å². The van der Waals surface area contributed by atoms with Crippen molar-refractivity contribution in [3.05, 3.63) is 48.2 Å². The van der Waals surface area contributed by atoms with Crippen molar-refractivity contribution in [2.24, 2.45) is 17.6 Å². The third-order valence-corrected chi connectivity index (χ3v) is 6.51. The van der Waals surface area contributed by atoms with E-state index in [-0.39, 0.29) is 30.1 Å². The summed E-state index contributed by atoms with van der Waals surface area (Å²) >= 11 is 0. The average molecular weight is 450 g/mol. The van der Waals surface area contributed by atoms with Crippen LogP contribution in [0, 0.1) is 11.8 Å². The third-order valence-electron chi connectivity index (χ3n) is 6.51. The van der Waals surface area contributed by atoms with Crippen LogP contribution in [-0.4, -0.2) is 42.3 Å². The van der Waals surface area contributed by atoms with Crippen molar-refractivity contribution in [2.75, 3.05) is 34.8 Å². The molecule has 174 valence electrons. The number of aromatic nitrogens is 1. The van der Waals surface area contributed by atoms with Crippen molar-refractivity contribution in [1.29, 1.82) is 0 Å². The smallest absolute Gasteiger partial charge is 0.229 e. The highest BCUT2D eigenvalue weighted by atomic mass is 16.2. The molecule has 33 heavy (non-hydrogen) atoms. The second-order valence-electron chi connectivity index (χ2n) is 9.24. The molecule has 2 aliphatic rings. The molecule has 3 N–H and O–H groups in total. The highest BCUT2D eigenvalue weighted by Gasteiger charge is 2.35. The van der Waals surface area contributed by atoms with E-state index < -0.39 is 5.92 Å². The number of nitrogens with one attached hydrogen (secondary N) is 1. The van der Waals surface area contributed by atoms with Crippen LogP contribution in [0.4, 0.5) is 17.2 Å². The summed E-state index contributed by atoms with van der Waals surface area (Å²) in [6, 6.07) is 11.6. The lowest BCUT2D eigenvalue weighted by Gasteiger charge is -2.32. The molecule has 2 fully saturated rings. The molecule has 0 spiro atoms. The van der Waals surface area contributed by atoms with Gasteiger partial charge in [0.15, 0.2) is 0 Å². The Balaban J connectivity index is 1.37. The minimum Gasteiger partial charge on any atom is -0.369 e. The largest absolute Gasteiger partial charge is 0.369 e. The van der Waals surface area contributed by atoms with E-state index in [9.17, 15) is 14.4 Å². The van der Waals surface area contributed by atoms with Gasteiger partial charge in [0.1, 0.15) is 5.82 Å². The van der Waals surface area contributed by atoms with Gasteiger partial charge in [-0.2, -0.15) is 0 Å². The number of pyridine rings is 1. The molecule has 8 nitrogen and oxygen atoms in total. The number of primary amides is 1. The standard InChI is InChI=1S/C25H31N5O3/c1-16(2)17-5-3-7-21(11-17)30-15-19(12-23(30)31)25(33)28-20-8-9-22(27-13-20)29-10-4-6-18(14-29)24(26)32/h3,5,7-9,11,13,16,18-19H,4,6,10,12,14-15H2,1-2H3,(H2,26,32)(H,28,33). The number of nitrogens with two attached hydrogens (primary N) is 1. The van der Waals surface area contributed by atoms with E-state index in [1.54, 1.807) is 17.2 Å². The van der Waals surface area contributed by atoms with E-state index in [2.05, 4.69) is 24.1 Å². The summed E-state index contributed by atoms with van der Waals surface area (Å²) in [7, 11) is 0. The Labute approximate surface area is 194 Å². The summed E-state index contributed by atoms with van der Waals surface area (Å²) in [5.74, 6) is 0.0304. The van der Waals surface area contributed by atoms with Crippen LogP contribution in [0.2, 0.25) is 0 Å². The van der Waals surface area contributed by atoms with Crippen molar-refractivity contribution < 1.29 is 14.4 Å². The molecule has 2 saturated heterocycles. The molecule has 3 heterocycles. The molecule has 2 aromatic rings. The topological polar surface area (TPSA) is 109 Å². The van der Waals surface area contributed by atoms with E-state index in [1.165, 1.54) is 0 Å². The van der Waals surface area contributed by atoms with E-state index in [4.69, 9.17) is 5.73 Å². The SMILES string of the molecule is CC(C)c1cccc(N2CC(C(=O)Nc3ccc(N4CCCC(C(N)=O)C4)nc3)CC2=O)c1. The number of hydrogen-bond acceptors (Lipinski definition) is 5. The Hall–Kier alpha value is -3.42. The van der Waals surface area contributed by atoms with Gasteiger partial charge in [0.2, 0.25) is 17.7 Å². The maximum Gasteiger partial charge on any atom is 0.229 e. The Morgan fingerprint density at radius 2 is 1.97 bits per heavy atom. The minimum atomic E-state index is -0.418. The van der Waals surface area contributed by atoms with Crippen molar-refractivity contribution >= 4 is 34.9 Å². The van der Waals surface area contributed by atoms with Gasteiger partial charge in [0.25, 0.3) is 0 Å². The van der Waals surface area contributed by atoms with Crippen LogP contribution in [0.1, 0.15) is 44.6 Å². The van der Waals surface area contributed by atoms with Crippen molar-refractivity contribution in [3.8, 4) is 0 Å². The molecular weight excluding hydrogens is 418 g/mol. The van der Waals surface area contributed by atoms with E-state index in [1.807, 2.05) is 35.2 Å². The van der Waals surface area contributed by atoms with Crippen molar-refractivity contribution in [3.63, 3.8) is 0 Å². The maximum absolute atomic E-state index is 12.8. The first-order valence-electron chi connectivity index (χ1n) is 11.5. The summed E-state index contributed by atoms with van der Waals surface area (Å²) in [4.78, 5) is 45.2. The molecule has 3 amide bonds. The lowest BCUT2D eigenvalue weighted by atomic mass is 9.97. The van der Waals surface area contributed by atoms with Gasteiger partial charge in [-0.05, 0) is 48.6 Å². The second-order valence-corrected chi connectivity index (χ2v) is 9.24. The molecule has 0 aliphatic carbocycles. The van der Waals surface area contributed by atoms with E-state index >= 15 is 0 Å². The summed E-state index contributed by atoms with van der Waals surface area (Å²) in [5, 5.41) is 2.89. The Bertz CT molecular complexity index is 1040. The molecule has 2 unspecified atom stereocenters. The van der Waals surface area contributed by atoms with E-state index in [0.717, 1.165) is 36.5 Å². The van der Waals surface area contributed by atoms with Gasteiger partial charge >= 0.3 is 0 Å². The molecule has 0 bridgehead atoms. The van der Waals surface area contributed by atoms with Crippen LogP contribution in [0.5, 0.6) is 0 Å². The number of carbonyl (C=O) groups excluding carboxylic acids is 3. The molecule has 0 radical (unpaired) electrons. The molecule has 8 heteroatoms. The third kappa shape index (κ3) is 5.16. The first kappa shape index (κ1) is 22.8. The fourth-order valence-electron chi connectivity index (χ4n) is 4.49. The summed E-state index contributed by atoms with van der Waals surface area (Å²) < 4.78 is 0. The number of carbonyl (C=O) groups is 3. The fraction of sp³-hybridized carbons (Fsp3) is 0.440. The highest BCUT2D eigenvalue weighted by Crippen LogP contribution is 2.29. The summed E-state index contributed by atoms with van der Waals surface area (Å²) in [6.07, 6.45) is 3.49. The molecule has 1 aromatic heterocycles. The maximum atomic E-state index is 12.8. The van der Waals surface area contributed by atoms with Crippen molar-refractivity contribution in [1.82, 2.24) is 4.98 Å². The van der Waals surface area contributed by atoms with Crippen molar-refractivity contribution in [2.45, 2.75) is 39.0 Å². The van der Waals surface area contributed by atoms with Gasteiger partial charge in [0, 0.05) is 31.7 Å². The predicted molar refractivity (Wildman–Crippen MR) is 128 cm³/mol. The number of rotatable bonds is 6. The lowest BCUT2D eigenvalue weighted by Crippen LogP contribution is -2.41. The molecule has 4 rings (SSSR count). The van der Waals surface area contributed by atoms with Gasteiger partial charge < -0.3 is 20.9 Å². The highest BCUT2D eigenvalue weighted by molar-refractivity contribution is 6.03. The average Bonchev–Trinajstić information content (AvgIpc) is 3.21. The zero-order valence-electron chi connectivity index (χ0n) is 19.2. The van der Waals surface area contributed by atoms with Crippen LogP contribution in [0.3, 0.4) is 0 Å². The molecule has 2 aliphatic heterocycles. The Kier molecular flexibility index (Phi) is 6.62. The second kappa shape index (κ2) is 9.60. The molecule has 0 saturated carbocycles. The van der Waals surface area contributed by atoms with Crippen LogP contribution < -0.4 is 20.9 Å². The monoisotopic (exact) mass is 449 g/mol. The molecule has 1 aromatic carbocycles. The number of benzene rings is 1. The van der Waals surface area contributed by atoms with Gasteiger partial charge in [0.05, 0.1) is 23.7 Å². The molecule has 2 atom stereocenters. The van der Waals surface area contributed by atoms with Crippen LogP contribution in [-0.2, 0) is 14.4 Å². The minimum absolute atomic E-state index is 0.0429. The van der Waals surface area contributed by atoms with Crippen LogP contribution >= 0.6 is 0 Å². The quantitative estimate of drug-likeness (QED) is 0.705. The summed E-state index contributed by atoms with van der Waals surface area (Å²) in [6.45, 7) is 5.97. The number of nitrogens with zero attached hydrogens (tertiary/aromatic N) is 3. The van der Waals surface area contributed by atoms with E-state index in [0.29, 0.717) is 24.7 Å². The van der Waals surface area contributed by atoms with Crippen LogP contribution in [0.25, 0.3) is 0 Å². The normalized spacial score (nSPS) is 20.9. The van der Waals surface area contributed by atoms with Crippen LogP contribution in [0.15, 0.2) is 42.6 Å². The van der Waals surface area contributed by atoms with Gasteiger partial charge in [-0.1, -0.05) is 26.0 Å². The lowest BCUT2D eigenvalue weighted by molar-refractivity contribution is -0.122. The van der Waals surface area contributed by atoms with Gasteiger partial charge in [-0.25, -0.2) is 4.98 Å². The summed E-state index contributed by atoms with van der Waals surface area (Å²) in [5.41, 5.74) is 8.04. The Morgan fingerprint density at radius 1 is 1.15 bits per heavy atom.